The molecule has 0 radical (unpaired) electrons. The van der Waals surface area contributed by atoms with E-state index in [1.807, 2.05) is 6.20 Å². The van der Waals surface area contributed by atoms with Gasteiger partial charge in [-0.25, -0.2) is 9.78 Å². The lowest BCUT2D eigenvalue weighted by atomic mass is 9.58. The highest BCUT2D eigenvalue weighted by atomic mass is 19.4. The van der Waals surface area contributed by atoms with E-state index in [-0.39, 0.29) is 23.5 Å². The van der Waals surface area contributed by atoms with Crippen molar-refractivity contribution in [2.45, 2.75) is 63.2 Å². The molecule has 2 aromatic carbocycles. The summed E-state index contributed by atoms with van der Waals surface area (Å²) in [5.74, 6) is 2.15. The molecule has 1 aliphatic carbocycles. The van der Waals surface area contributed by atoms with E-state index in [0.29, 0.717) is 11.8 Å². The lowest BCUT2D eigenvalue weighted by molar-refractivity contribution is -0.137. The number of rotatable bonds is 9. The normalized spacial score (nSPS) is 23.0. The summed E-state index contributed by atoms with van der Waals surface area (Å²) in [7, 11) is 1.43. The quantitative estimate of drug-likeness (QED) is 0.294. The van der Waals surface area contributed by atoms with Crippen molar-refractivity contribution < 1.29 is 22.7 Å². The van der Waals surface area contributed by atoms with Gasteiger partial charge < -0.3 is 24.4 Å². The van der Waals surface area contributed by atoms with Crippen LogP contribution >= 0.6 is 0 Å². The first-order valence-electron chi connectivity index (χ1n) is 16.2. The average Bonchev–Trinajstić information content (AvgIpc) is 3.66. The maximum absolute atomic E-state index is 13.0. The van der Waals surface area contributed by atoms with Crippen LogP contribution in [0.2, 0.25) is 0 Å². The number of halogens is 3. The van der Waals surface area contributed by atoms with Crippen molar-refractivity contribution in [2.75, 3.05) is 44.7 Å². The van der Waals surface area contributed by atoms with E-state index >= 15 is 0 Å². The number of carbonyl (C=O) groups is 1. The number of aryl methyl sites for hydroxylation is 1. The summed E-state index contributed by atoms with van der Waals surface area (Å²) in [5, 5.41) is 3.21. The van der Waals surface area contributed by atoms with Gasteiger partial charge in [-0.3, -0.25) is 0 Å². The van der Waals surface area contributed by atoms with Gasteiger partial charge in [0.1, 0.15) is 5.82 Å². The molecule has 242 valence electrons. The smallest absolute Gasteiger partial charge is 0.416 e. The standard InChI is InChI=1S/C35H44F3N5O2/c1-25-39-17-20-42(25)24-34(27-7-4-3-5-8-27,31-9-6-10-32(31)40-33(44)45-2)28-15-18-41(19-16-28)21-26-22-43(23-26)30-13-11-29(12-14-30)35(36,37)38/h3-5,7-8,11-14,17,20,26,28,31-32H,6,9-10,15-16,18-19,21-24H2,1-2H3,(H,40,44)/t31-,32-,34?/m0/s1. The average molecular weight is 624 g/mol. The van der Waals surface area contributed by atoms with E-state index in [0.717, 1.165) is 82.9 Å². The van der Waals surface area contributed by atoms with Crippen molar-refractivity contribution in [1.82, 2.24) is 19.8 Å². The monoisotopic (exact) mass is 623 g/mol. The number of imidazole rings is 1. The number of anilines is 1. The summed E-state index contributed by atoms with van der Waals surface area (Å²) in [6, 6.07) is 16.4. The molecule has 1 unspecified atom stereocenters. The second-order valence-corrected chi connectivity index (χ2v) is 13.2. The Labute approximate surface area is 263 Å². The zero-order valence-corrected chi connectivity index (χ0v) is 26.2. The molecule has 1 N–H and O–H groups in total. The van der Waals surface area contributed by atoms with Gasteiger partial charge in [0.15, 0.2) is 0 Å². The Balaban J connectivity index is 1.18. The summed E-state index contributed by atoms with van der Waals surface area (Å²) in [6.07, 6.45) is 4.43. The fourth-order valence-corrected chi connectivity index (χ4v) is 8.40. The van der Waals surface area contributed by atoms with Crippen LogP contribution in [0.4, 0.5) is 23.7 Å². The van der Waals surface area contributed by atoms with Gasteiger partial charge in [0, 0.05) is 61.6 Å². The molecular weight excluding hydrogens is 579 g/mol. The van der Waals surface area contributed by atoms with Crippen molar-refractivity contribution >= 4 is 11.8 Å². The Kier molecular flexibility index (Phi) is 9.13. The maximum atomic E-state index is 13.0. The van der Waals surface area contributed by atoms with Gasteiger partial charge >= 0.3 is 12.3 Å². The van der Waals surface area contributed by atoms with Crippen molar-refractivity contribution in [3.63, 3.8) is 0 Å². The first-order valence-corrected chi connectivity index (χ1v) is 16.2. The minimum absolute atomic E-state index is 0.0330. The van der Waals surface area contributed by atoms with Gasteiger partial charge in [0.2, 0.25) is 0 Å². The number of ether oxygens (including phenoxy) is 1. The summed E-state index contributed by atoms with van der Waals surface area (Å²) in [5.41, 5.74) is 1.38. The van der Waals surface area contributed by atoms with Crippen LogP contribution in [-0.4, -0.2) is 66.4 Å². The van der Waals surface area contributed by atoms with Crippen molar-refractivity contribution in [3.05, 3.63) is 83.9 Å². The molecule has 6 rings (SSSR count). The minimum atomic E-state index is -4.31. The predicted octanol–water partition coefficient (Wildman–Crippen LogP) is 6.52. The highest BCUT2D eigenvalue weighted by Crippen LogP contribution is 2.51. The van der Waals surface area contributed by atoms with Gasteiger partial charge in [-0.05, 0) is 87.4 Å². The Hall–Kier alpha value is -3.53. The number of carbonyl (C=O) groups excluding carboxylic acids is 1. The second kappa shape index (κ2) is 13.1. The fraction of sp³-hybridized carbons (Fsp3) is 0.543. The molecule has 0 bridgehead atoms. The number of likely N-dealkylation sites (tertiary alicyclic amines) is 1. The zero-order valence-electron chi connectivity index (χ0n) is 26.2. The molecule has 2 aliphatic heterocycles. The van der Waals surface area contributed by atoms with Gasteiger partial charge in [-0.2, -0.15) is 13.2 Å². The number of piperidine rings is 1. The molecule has 1 aromatic heterocycles. The Bertz CT molecular complexity index is 1420. The van der Waals surface area contributed by atoms with E-state index in [9.17, 15) is 18.0 Å². The number of nitrogens with zero attached hydrogens (tertiary/aromatic N) is 4. The molecule has 3 fully saturated rings. The second-order valence-electron chi connectivity index (χ2n) is 13.2. The van der Waals surface area contributed by atoms with Crippen LogP contribution < -0.4 is 10.2 Å². The number of hydrogen-bond donors (Lipinski definition) is 1. The molecule has 7 nitrogen and oxygen atoms in total. The van der Waals surface area contributed by atoms with E-state index < -0.39 is 11.7 Å². The van der Waals surface area contributed by atoms with Crippen LogP contribution in [0.1, 0.15) is 49.1 Å². The molecule has 2 saturated heterocycles. The molecule has 3 heterocycles. The predicted molar refractivity (Wildman–Crippen MR) is 168 cm³/mol. The number of hydrogen-bond acceptors (Lipinski definition) is 5. The summed E-state index contributed by atoms with van der Waals surface area (Å²) in [6.45, 7) is 7.59. The minimum Gasteiger partial charge on any atom is -0.453 e. The zero-order chi connectivity index (χ0) is 31.6. The number of alkyl carbamates (subject to hydrolysis) is 1. The van der Waals surface area contributed by atoms with Crippen LogP contribution in [-0.2, 0) is 22.9 Å². The third-order valence-corrected chi connectivity index (χ3v) is 10.7. The largest absolute Gasteiger partial charge is 0.453 e. The molecule has 3 atom stereocenters. The van der Waals surface area contributed by atoms with E-state index in [1.165, 1.54) is 24.8 Å². The first kappa shape index (κ1) is 31.5. The number of nitrogens with one attached hydrogen (secondary N) is 1. The summed E-state index contributed by atoms with van der Waals surface area (Å²) < 4.78 is 46.3. The molecule has 1 saturated carbocycles. The molecule has 3 aromatic rings. The van der Waals surface area contributed by atoms with Crippen molar-refractivity contribution in [3.8, 4) is 0 Å². The number of benzene rings is 2. The number of aromatic nitrogens is 2. The highest BCUT2D eigenvalue weighted by Gasteiger charge is 2.52. The van der Waals surface area contributed by atoms with E-state index in [2.05, 4.69) is 68.1 Å². The third-order valence-electron chi connectivity index (χ3n) is 10.7. The Morgan fingerprint density at radius 2 is 1.69 bits per heavy atom. The molecule has 1 amide bonds. The molecule has 3 aliphatic rings. The topological polar surface area (TPSA) is 62.6 Å². The lowest BCUT2D eigenvalue weighted by Crippen LogP contribution is -2.56. The van der Waals surface area contributed by atoms with Gasteiger partial charge in [0.25, 0.3) is 0 Å². The SMILES string of the molecule is COC(=O)N[C@H]1CCC[C@@H]1C(Cn1ccnc1C)(c1ccccc1)C1CCN(CC2CN(c3ccc(C(F)(F)F)cc3)C2)CC1. The van der Waals surface area contributed by atoms with E-state index in [1.54, 1.807) is 12.1 Å². The third kappa shape index (κ3) is 6.57. The highest BCUT2D eigenvalue weighted by molar-refractivity contribution is 5.67. The fourth-order valence-electron chi connectivity index (χ4n) is 8.40. The summed E-state index contributed by atoms with van der Waals surface area (Å²) in [4.78, 5) is 21.8. The molecule has 0 spiro atoms. The van der Waals surface area contributed by atoms with Crippen LogP contribution in [0.5, 0.6) is 0 Å². The maximum Gasteiger partial charge on any atom is 0.416 e. The van der Waals surface area contributed by atoms with Crippen LogP contribution in [0.3, 0.4) is 0 Å². The van der Waals surface area contributed by atoms with Gasteiger partial charge in [-0.15, -0.1) is 0 Å². The van der Waals surface area contributed by atoms with Gasteiger partial charge in [-0.1, -0.05) is 36.8 Å². The van der Waals surface area contributed by atoms with Gasteiger partial charge in [0.05, 0.1) is 12.7 Å². The number of alkyl halides is 3. The van der Waals surface area contributed by atoms with E-state index in [4.69, 9.17) is 4.74 Å². The van der Waals surface area contributed by atoms with Crippen molar-refractivity contribution in [1.29, 1.82) is 0 Å². The number of amides is 1. The molecular formula is C35H44F3N5O2. The van der Waals surface area contributed by atoms with Crippen LogP contribution in [0.25, 0.3) is 0 Å². The molecule has 10 heteroatoms. The Morgan fingerprint density at radius 3 is 2.31 bits per heavy atom. The van der Waals surface area contributed by atoms with Crippen LogP contribution in [0.15, 0.2) is 67.0 Å². The van der Waals surface area contributed by atoms with Crippen molar-refractivity contribution in [2.24, 2.45) is 17.8 Å². The van der Waals surface area contributed by atoms with Crippen LogP contribution in [0, 0.1) is 24.7 Å². The molecule has 45 heavy (non-hydrogen) atoms. The summed E-state index contributed by atoms with van der Waals surface area (Å²) >= 11 is 0. The number of methoxy groups -OCH3 is 1. The first-order chi connectivity index (χ1) is 21.7. The lowest BCUT2D eigenvalue weighted by Gasteiger charge is -2.51. The Morgan fingerprint density at radius 1 is 0.978 bits per heavy atom.